The van der Waals surface area contributed by atoms with Crippen molar-refractivity contribution < 1.29 is 4.74 Å². The molecule has 4 heterocycles. The average molecular weight is 326 g/mol. The van der Waals surface area contributed by atoms with E-state index in [2.05, 4.69) is 42.6 Å². The molecule has 0 radical (unpaired) electrons. The summed E-state index contributed by atoms with van der Waals surface area (Å²) < 4.78 is 7.95. The van der Waals surface area contributed by atoms with E-state index in [1.54, 1.807) is 17.5 Å². The van der Waals surface area contributed by atoms with Crippen LogP contribution >= 0.6 is 11.3 Å². The smallest absolute Gasteiger partial charge is 0.213 e. The first-order valence-corrected chi connectivity index (χ1v) is 8.62. The van der Waals surface area contributed by atoms with Gasteiger partial charge < -0.3 is 4.74 Å². The Morgan fingerprint density at radius 1 is 1.22 bits per heavy atom. The molecule has 23 heavy (non-hydrogen) atoms. The summed E-state index contributed by atoms with van der Waals surface area (Å²) in [5.74, 6) is 0.663. The summed E-state index contributed by atoms with van der Waals surface area (Å²) >= 11 is 1.75. The molecule has 0 saturated carbocycles. The van der Waals surface area contributed by atoms with E-state index < -0.39 is 0 Å². The Bertz CT molecular complexity index is 741. The number of rotatable bonds is 5. The van der Waals surface area contributed by atoms with Gasteiger partial charge in [-0.3, -0.25) is 9.58 Å². The van der Waals surface area contributed by atoms with Crippen molar-refractivity contribution in [1.29, 1.82) is 0 Å². The molecule has 3 aromatic heterocycles. The summed E-state index contributed by atoms with van der Waals surface area (Å²) in [5.41, 5.74) is 2.61. The summed E-state index contributed by atoms with van der Waals surface area (Å²) in [6.07, 6.45) is 3.62. The Balaban J connectivity index is 1.47. The first-order valence-electron chi connectivity index (χ1n) is 7.68. The summed E-state index contributed by atoms with van der Waals surface area (Å²) in [5, 5.41) is 8.82. The third-order valence-corrected chi connectivity index (χ3v) is 4.73. The lowest BCUT2D eigenvalue weighted by atomic mass is 10.2. The standard InChI is InChI=1S/C17H18N4OS/c1-2-6-18-17(3-1)22-12-16-11-20(9-14-5-8-23-13-14)10-15-4-7-19-21(15)16/h1-8,13,16H,9-12H2/t16-/m0/s1. The highest BCUT2D eigenvalue weighted by molar-refractivity contribution is 7.07. The topological polar surface area (TPSA) is 43.2 Å². The van der Waals surface area contributed by atoms with Gasteiger partial charge in [-0.2, -0.15) is 16.4 Å². The molecule has 0 aromatic carbocycles. The zero-order valence-corrected chi connectivity index (χ0v) is 13.5. The van der Waals surface area contributed by atoms with Gasteiger partial charge >= 0.3 is 0 Å². The van der Waals surface area contributed by atoms with Gasteiger partial charge in [0, 0.05) is 38.1 Å². The maximum atomic E-state index is 5.86. The number of aromatic nitrogens is 3. The fourth-order valence-electron chi connectivity index (χ4n) is 2.96. The van der Waals surface area contributed by atoms with Gasteiger partial charge in [-0.15, -0.1) is 0 Å². The molecule has 1 aliphatic heterocycles. The fourth-order valence-corrected chi connectivity index (χ4v) is 3.62. The van der Waals surface area contributed by atoms with Gasteiger partial charge in [0.2, 0.25) is 5.88 Å². The normalized spacial score (nSPS) is 17.8. The molecule has 1 aliphatic rings. The van der Waals surface area contributed by atoms with Crippen LogP contribution in [0.3, 0.4) is 0 Å². The molecule has 0 bridgehead atoms. The number of hydrogen-bond acceptors (Lipinski definition) is 5. The molecule has 3 aromatic rings. The van der Waals surface area contributed by atoms with E-state index in [1.165, 1.54) is 11.3 Å². The van der Waals surface area contributed by atoms with Crippen molar-refractivity contribution in [3.8, 4) is 5.88 Å². The fraction of sp³-hybridized carbons (Fsp3) is 0.294. The Hall–Kier alpha value is -2.18. The number of thiophene rings is 1. The van der Waals surface area contributed by atoms with Crippen molar-refractivity contribution >= 4 is 11.3 Å². The molecule has 0 spiro atoms. The first-order chi connectivity index (χ1) is 11.4. The van der Waals surface area contributed by atoms with Crippen LogP contribution in [0.15, 0.2) is 53.5 Å². The maximum absolute atomic E-state index is 5.86. The molecule has 4 rings (SSSR count). The van der Waals surface area contributed by atoms with Crippen LogP contribution in [-0.4, -0.2) is 32.8 Å². The molecule has 0 saturated heterocycles. The van der Waals surface area contributed by atoms with E-state index in [0.717, 1.165) is 19.6 Å². The SMILES string of the molecule is c1ccc(OC[C@@H]2CN(Cc3ccsc3)Cc3ccnn32)nc1. The van der Waals surface area contributed by atoms with Crippen molar-refractivity contribution in [1.82, 2.24) is 19.7 Å². The highest BCUT2D eigenvalue weighted by Gasteiger charge is 2.26. The highest BCUT2D eigenvalue weighted by atomic mass is 32.1. The first kappa shape index (κ1) is 14.4. The summed E-state index contributed by atoms with van der Waals surface area (Å²) in [4.78, 5) is 6.67. The van der Waals surface area contributed by atoms with Gasteiger partial charge in [-0.05, 0) is 34.5 Å². The molecule has 0 N–H and O–H groups in total. The van der Waals surface area contributed by atoms with Crippen LogP contribution < -0.4 is 4.74 Å². The largest absolute Gasteiger partial charge is 0.475 e. The number of nitrogens with zero attached hydrogens (tertiary/aromatic N) is 4. The monoisotopic (exact) mass is 326 g/mol. The minimum absolute atomic E-state index is 0.203. The number of pyridine rings is 1. The Morgan fingerprint density at radius 3 is 3.04 bits per heavy atom. The second kappa shape index (κ2) is 6.52. The third-order valence-electron chi connectivity index (χ3n) is 4.00. The quantitative estimate of drug-likeness (QED) is 0.723. The van der Waals surface area contributed by atoms with Gasteiger partial charge in [0.25, 0.3) is 0 Å². The van der Waals surface area contributed by atoms with Crippen molar-refractivity contribution in [3.63, 3.8) is 0 Å². The number of hydrogen-bond donors (Lipinski definition) is 0. The van der Waals surface area contributed by atoms with Crippen molar-refractivity contribution in [2.45, 2.75) is 19.1 Å². The van der Waals surface area contributed by atoms with Crippen LogP contribution in [0.4, 0.5) is 0 Å². The maximum Gasteiger partial charge on any atom is 0.213 e. The lowest BCUT2D eigenvalue weighted by Crippen LogP contribution is -2.39. The zero-order chi connectivity index (χ0) is 15.5. The summed E-state index contributed by atoms with van der Waals surface area (Å²) in [6, 6.07) is 10.2. The van der Waals surface area contributed by atoms with Crippen molar-refractivity contribution in [2.75, 3.05) is 13.2 Å². The van der Waals surface area contributed by atoms with Crippen LogP contribution in [0.5, 0.6) is 5.88 Å². The van der Waals surface area contributed by atoms with Crippen molar-refractivity contribution in [2.24, 2.45) is 0 Å². The minimum atomic E-state index is 0.203. The molecule has 0 amide bonds. The van der Waals surface area contributed by atoms with Gasteiger partial charge in [0.15, 0.2) is 0 Å². The predicted octanol–water partition coefficient (Wildman–Crippen LogP) is 2.98. The molecular formula is C17H18N4OS. The zero-order valence-electron chi connectivity index (χ0n) is 12.7. The molecule has 6 heteroatoms. The van der Waals surface area contributed by atoms with Gasteiger partial charge in [0.05, 0.1) is 11.7 Å². The van der Waals surface area contributed by atoms with Gasteiger partial charge in [0.1, 0.15) is 6.61 Å². The van der Waals surface area contributed by atoms with E-state index in [9.17, 15) is 0 Å². The van der Waals surface area contributed by atoms with E-state index >= 15 is 0 Å². The Kier molecular flexibility index (Phi) is 4.08. The lowest BCUT2D eigenvalue weighted by molar-refractivity contribution is 0.125. The van der Waals surface area contributed by atoms with Crippen LogP contribution in [-0.2, 0) is 13.1 Å². The second-order valence-corrected chi connectivity index (χ2v) is 6.48. The van der Waals surface area contributed by atoms with Crippen LogP contribution in [0.25, 0.3) is 0 Å². The van der Waals surface area contributed by atoms with Crippen LogP contribution in [0, 0.1) is 0 Å². The number of ether oxygens (including phenoxy) is 1. The van der Waals surface area contributed by atoms with E-state index in [1.807, 2.05) is 24.4 Å². The third kappa shape index (κ3) is 3.28. The Labute approximate surface area is 139 Å². The van der Waals surface area contributed by atoms with Crippen molar-refractivity contribution in [3.05, 3.63) is 64.7 Å². The minimum Gasteiger partial charge on any atom is -0.475 e. The van der Waals surface area contributed by atoms with Crippen LogP contribution in [0.1, 0.15) is 17.3 Å². The van der Waals surface area contributed by atoms with Crippen LogP contribution in [0.2, 0.25) is 0 Å². The predicted molar refractivity (Wildman–Crippen MR) is 89.4 cm³/mol. The van der Waals surface area contributed by atoms with Gasteiger partial charge in [-0.1, -0.05) is 6.07 Å². The average Bonchev–Trinajstić information content (AvgIpc) is 3.25. The molecule has 1 atom stereocenters. The van der Waals surface area contributed by atoms with E-state index in [-0.39, 0.29) is 6.04 Å². The summed E-state index contributed by atoms with van der Waals surface area (Å²) in [6.45, 7) is 3.40. The molecule has 5 nitrogen and oxygen atoms in total. The molecule has 118 valence electrons. The van der Waals surface area contributed by atoms with Gasteiger partial charge in [-0.25, -0.2) is 4.98 Å². The molecule has 0 fully saturated rings. The molecular weight excluding hydrogens is 308 g/mol. The van der Waals surface area contributed by atoms with E-state index in [4.69, 9.17) is 4.74 Å². The summed E-state index contributed by atoms with van der Waals surface area (Å²) in [7, 11) is 0. The molecule has 0 aliphatic carbocycles. The second-order valence-electron chi connectivity index (χ2n) is 5.70. The molecule has 0 unspecified atom stereocenters. The highest BCUT2D eigenvalue weighted by Crippen LogP contribution is 2.23. The lowest BCUT2D eigenvalue weighted by Gasteiger charge is -2.33. The number of fused-ring (bicyclic) bond motifs is 1. The van der Waals surface area contributed by atoms with E-state index in [0.29, 0.717) is 12.5 Å². The Morgan fingerprint density at radius 2 is 2.22 bits per heavy atom.